The number of nitrogens with two attached hydrogens (primary N) is 1. The highest BCUT2D eigenvalue weighted by Gasteiger charge is 2.21. The van der Waals surface area contributed by atoms with Gasteiger partial charge in [0.05, 0.1) is 0 Å². The van der Waals surface area contributed by atoms with Crippen molar-refractivity contribution in [3.63, 3.8) is 0 Å². The van der Waals surface area contributed by atoms with Gasteiger partial charge in [-0.3, -0.25) is 4.79 Å². The van der Waals surface area contributed by atoms with E-state index in [1.54, 1.807) is 0 Å². The van der Waals surface area contributed by atoms with E-state index in [-0.39, 0.29) is 17.4 Å². The molecule has 0 heterocycles. The smallest absolute Gasteiger partial charge is 0.224 e. The number of hydrogen-bond donors (Lipinski definition) is 1. The molecule has 0 aromatic rings. The van der Waals surface area contributed by atoms with Gasteiger partial charge in [-0.15, -0.1) is 0 Å². The SMILES string of the molecule is CCC(C)N(C)C(=O)CC(N)CC(C)(C)C. The average Bonchev–Trinajstić information content (AvgIpc) is 2.12. The predicted octanol–water partition coefficient (Wildman–Crippen LogP) is 2.40. The molecule has 16 heavy (non-hydrogen) atoms. The molecule has 2 N–H and O–H groups in total. The van der Waals surface area contributed by atoms with Gasteiger partial charge in [0.25, 0.3) is 0 Å². The standard InChI is InChI=1S/C13H28N2O/c1-7-10(2)15(6)12(16)8-11(14)9-13(3,4)5/h10-11H,7-9,14H2,1-6H3. The Hall–Kier alpha value is -0.570. The van der Waals surface area contributed by atoms with Crippen molar-refractivity contribution in [2.24, 2.45) is 11.1 Å². The number of carbonyl (C=O) groups excluding carboxylic acids is 1. The first-order valence-corrected chi connectivity index (χ1v) is 6.18. The summed E-state index contributed by atoms with van der Waals surface area (Å²) in [7, 11) is 1.86. The van der Waals surface area contributed by atoms with Gasteiger partial charge in [0.15, 0.2) is 0 Å². The van der Waals surface area contributed by atoms with Crippen LogP contribution >= 0.6 is 0 Å². The number of amides is 1. The maximum Gasteiger partial charge on any atom is 0.224 e. The average molecular weight is 228 g/mol. The number of nitrogens with zero attached hydrogens (tertiary/aromatic N) is 1. The summed E-state index contributed by atoms with van der Waals surface area (Å²) in [5, 5.41) is 0. The third-order valence-corrected chi connectivity index (χ3v) is 2.96. The van der Waals surface area contributed by atoms with Crippen molar-refractivity contribution in [2.75, 3.05) is 7.05 Å². The summed E-state index contributed by atoms with van der Waals surface area (Å²) in [4.78, 5) is 13.7. The molecular formula is C13H28N2O. The van der Waals surface area contributed by atoms with E-state index in [4.69, 9.17) is 5.73 Å². The molecule has 0 spiro atoms. The fourth-order valence-corrected chi connectivity index (χ4v) is 1.75. The van der Waals surface area contributed by atoms with Crippen LogP contribution in [0.1, 0.15) is 53.9 Å². The molecule has 0 saturated carbocycles. The van der Waals surface area contributed by atoms with Crippen LogP contribution in [0.25, 0.3) is 0 Å². The van der Waals surface area contributed by atoms with Crippen LogP contribution in [0.4, 0.5) is 0 Å². The van der Waals surface area contributed by atoms with E-state index in [1.807, 2.05) is 11.9 Å². The molecule has 3 nitrogen and oxygen atoms in total. The molecule has 1 amide bonds. The Bertz CT molecular complexity index is 220. The summed E-state index contributed by atoms with van der Waals surface area (Å²) in [6.45, 7) is 10.6. The molecule has 0 radical (unpaired) electrons. The van der Waals surface area contributed by atoms with Crippen molar-refractivity contribution in [1.82, 2.24) is 4.90 Å². The van der Waals surface area contributed by atoms with E-state index < -0.39 is 0 Å². The normalized spacial score (nSPS) is 15.7. The minimum absolute atomic E-state index is 0.0287. The Labute approximate surface area is 100 Å². The van der Waals surface area contributed by atoms with Crippen LogP contribution in [-0.4, -0.2) is 29.9 Å². The van der Waals surface area contributed by atoms with E-state index in [1.165, 1.54) is 0 Å². The Morgan fingerprint density at radius 2 is 1.88 bits per heavy atom. The quantitative estimate of drug-likeness (QED) is 0.785. The van der Waals surface area contributed by atoms with E-state index in [9.17, 15) is 4.79 Å². The summed E-state index contributed by atoms with van der Waals surface area (Å²) in [5.74, 6) is 0.158. The first-order chi connectivity index (χ1) is 7.17. The molecule has 0 bridgehead atoms. The monoisotopic (exact) mass is 228 g/mol. The summed E-state index contributed by atoms with van der Waals surface area (Å²) < 4.78 is 0. The van der Waals surface area contributed by atoms with Gasteiger partial charge in [0.1, 0.15) is 0 Å². The Morgan fingerprint density at radius 3 is 2.25 bits per heavy atom. The van der Waals surface area contributed by atoms with Crippen molar-refractivity contribution in [2.45, 2.75) is 66.0 Å². The first kappa shape index (κ1) is 15.4. The molecule has 0 fully saturated rings. The number of hydrogen-bond acceptors (Lipinski definition) is 2. The zero-order valence-corrected chi connectivity index (χ0v) is 11.7. The van der Waals surface area contributed by atoms with Crippen molar-refractivity contribution in [1.29, 1.82) is 0 Å². The van der Waals surface area contributed by atoms with Crippen LogP contribution < -0.4 is 5.73 Å². The lowest BCUT2D eigenvalue weighted by Crippen LogP contribution is -2.39. The summed E-state index contributed by atoms with van der Waals surface area (Å²) in [5.41, 5.74) is 6.18. The highest BCUT2D eigenvalue weighted by Crippen LogP contribution is 2.21. The van der Waals surface area contributed by atoms with Gasteiger partial charge in [-0.1, -0.05) is 27.7 Å². The maximum absolute atomic E-state index is 11.9. The zero-order chi connectivity index (χ0) is 12.9. The third-order valence-electron chi connectivity index (χ3n) is 2.96. The largest absolute Gasteiger partial charge is 0.343 e. The number of rotatable bonds is 5. The lowest BCUT2D eigenvalue weighted by molar-refractivity contribution is -0.132. The van der Waals surface area contributed by atoms with E-state index >= 15 is 0 Å². The number of carbonyl (C=O) groups is 1. The van der Waals surface area contributed by atoms with Gasteiger partial charge in [0.2, 0.25) is 5.91 Å². The summed E-state index contributed by atoms with van der Waals surface area (Å²) in [6, 6.07) is 0.272. The van der Waals surface area contributed by atoms with Crippen molar-refractivity contribution in [3.05, 3.63) is 0 Å². The topological polar surface area (TPSA) is 46.3 Å². The fourth-order valence-electron chi connectivity index (χ4n) is 1.75. The van der Waals surface area contributed by atoms with Gasteiger partial charge < -0.3 is 10.6 Å². The van der Waals surface area contributed by atoms with Crippen LogP contribution in [0.3, 0.4) is 0 Å². The lowest BCUT2D eigenvalue weighted by Gasteiger charge is -2.27. The second-order valence-corrected chi connectivity index (χ2v) is 5.99. The van der Waals surface area contributed by atoms with Crippen LogP contribution in [-0.2, 0) is 4.79 Å². The van der Waals surface area contributed by atoms with Crippen LogP contribution in [0.2, 0.25) is 0 Å². The molecule has 0 aromatic heterocycles. The molecule has 0 rings (SSSR count). The van der Waals surface area contributed by atoms with Crippen LogP contribution in [0.5, 0.6) is 0 Å². The minimum atomic E-state index is -0.0287. The molecule has 0 saturated heterocycles. The highest BCUT2D eigenvalue weighted by molar-refractivity contribution is 5.76. The molecule has 3 heteroatoms. The van der Waals surface area contributed by atoms with E-state index in [2.05, 4.69) is 34.6 Å². The molecule has 96 valence electrons. The Kier molecular flexibility index (Phi) is 6.01. The molecular weight excluding hydrogens is 200 g/mol. The minimum Gasteiger partial charge on any atom is -0.343 e. The van der Waals surface area contributed by atoms with Crippen LogP contribution in [0, 0.1) is 5.41 Å². The maximum atomic E-state index is 11.9. The zero-order valence-electron chi connectivity index (χ0n) is 11.7. The van der Waals surface area contributed by atoms with Crippen molar-refractivity contribution in [3.8, 4) is 0 Å². The van der Waals surface area contributed by atoms with Crippen molar-refractivity contribution < 1.29 is 4.79 Å². The highest BCUT2D eigenvalue weighted by atomic mass is 16.2. The Morgan fingerprint density at radius 1 is 1.38 bits per heavy atom. The molecule has 0 aliphatic carbocycles. The molecule has 2 unspecified atom stereocenters. The third kappa shape index (κ3) is 6.11. The fraction of sp³-hybridized carbons (Fsp3) is 0.923. The predicted molar refractivity (Wildman–Crippen MR) is 69.2 cm³/mol. The second kappa shape index (κ2) is 6.24. The molecule has 0 aromatic carbocycles. The lowest BCUT2D eigenvalue weighted by atomic mass is 9.87. The van der Waals surface area contributed by atoms with Crippen molar-refractivity contribution >= 4 is 5.91 Å². The molecule has 0 aliphatic heterocycles. The van der Waals surface area contributed by atoms with Gasteiger partial charge in [-0.25, -0.2) is 0 Å². The van der Waals surface area contributed by atoms with E-state index in [0.717, 1.165) is 12.8 Å². The Balaban J connectivity index is 4.14. The van der Waals surface area contributed by atoms with Gasteiger partial charge >= 0.3 is 0 Å². The van der Waals surface area contributed by atoms with Gasteiger partial charge in [0, 0.05) is 25.6 Å². The van der Waals surface area contributed by atoms with E-state index in [0.29, 0.717) is 12.5 Å². The molecule has 0 aliphatic rings. The second-order valence-electron chi connectivity index (χ2n) is 5.99. The van der Waals surface area contributed by atoms with Crippen LogP contribution in [0.15, 0.2) is 0 Å². The summed E-state index contributed by atoms with van der Waals surface area (Å²) in [6.07, 6.45) is 2.32. The summed E-state index contributed by atoms with van der Waals surface area (Å²) >= 11 is 0. The molecule has 2 atom stereocenters. The van der Waals surface area contributed by atoms with Gasteiger partial charge in [-0.2, -0.15) is 0 Å². The first-order valence-electron chi connectivity index (χ1n) is 6.18. The van der Waals surface area contributed by atoms with Gasteiger partial charge in [-0.05, 0) is 25.2 Å².